The summed E-state index contributed by atoms with van der Waals surface area (Å²) in [6.07, 6.45) is 2.17. The van der Waals surface area contributed by atoms with Crippen molar-refractivity contribution in [3.05, 3.63) is 30.1 Å². The average molecular weight is 368 g/mol. The highest BCUT2D eigenvalue weighted by Crippen LogP contribution is 2.35. The normalized spacial score (nSPS) is 29.6. The summed E-state index contributed by atoms with van der Waals surface area (Å²) in [4.78, 5) is 12.4. The van der Waals surface area contributed by atoms with Gasteiger partial charge in [0.05, 0.1) is 23.0 Å². The largest absolute Gasteiger partial charge is 0.371 e. The van der Waals surface area contributed by atoms with Gasteiger partial charge in [-0.05, 0) is 49.4 Å². The summed E-state index contributed by atoms with van der Waals surface area (Å²) in [7, 11) is -3.71. The third kappa shape index (κ3) is 3.43. The molecule has 8 heteroatoms. The summed E-state index contributed by atoms with van der Waals surface area (Å²) in [5.41, 5.74) is 0. The highest BCUT2D eigenvalue weighted by molar-refractivity contribution is 7.89. The van der Waals surface area contributed by atoms with E-state index in [-0.39, 0.29) is 35.9 Å². The molecule has 0 radical (unpaired) electrons. The number of rotatable bonds is 5. The zero-order valence-corrected chi connectivity index (χ0v) is 14.5. The van der Waals surface area contributed by atoms with E-state index < -0.39 is 21.9 Å². The lowest BCUT2D eigenvalue weighted by Crippen LogP contribution is -2.47. The first-order valence-corrected chi connectivity index (χ1v) is 10.1. The van der Waals surface area contributed by atoms with Crippen LogP contribution in [0.1, 0.15) is 19.3 Å². The van der Waals surface area contributed by atoms with E-state index in [2.05, 4.69) is 5.32 Å². The molecule has 1 N–H and O–H groups in total. The molecule has 2 aliphatic heterocycles. The van der Waals surface area contributed by atoms with Crippen LogP contribution in [-0.4, -0.2) is 50.5 Å². The first kappa shape index (κ1) is 16.9. The monoisotopic (exact) mass is 368 g/mol. The lowest BCUT2D eigenvalue weighted by molar-refractivity contribution is -0.127. The van der Waals surface area contributed by atoms with E-state index in [0.29, 0.717) is 18.9 Å². The third-order valence-electron chi connectivity index (χ3n) is 5.17. The van der Waals surface area contributed by atoms with Crippen molar-refractivity contribution in [2.75, 3.05) is 19.6 Å². The van der Waals surface area contributed by atoms with Gasteiger partial charge in [0.15, 0.2) is 0 Å². The van der Waals surface area contributed by atoms with Crippen molar-refractivity contribution in [1.82, 2.24) is 9.62 Å². The molecule has 0 unspecified atom stereocenters. The molecule has 2 bridgehead atoms. The maximum atomic E-state index is 13.1. The van der Waals surface area contributed by atoms with Gasteiger partial charge in [-0.25, -0.2) is 12.8 Å². The number of carbonyl (C=O) groups excluding carboxylic acids is 1. The number of nitrogens with zero attached hydrogens (tertiary/aromatic N) is 1. The van der Waals surface area contributed by atoms with Crippen LogP contribution in [0.2, 0.25) is 0 Å². The number of sulfonamides is 1. The molecular formula is C17H21FN2O4S. The molecule has 1 saturated carbocycles. The van der Waals surface area contributed by atoms with Crippen LogP contribution in [0, 0.1) is 17.7 Å². The Labute approximate surface area is 146 Å². The summed E-state index contributed by atoms with van der Waals surface area (Å²) in [5.74, 6) is -0.230. The fourth-order valence-electron chi connectivity index (χ4n) is 3.55. The Kier molecular flexibility index (Phi) is 4.29. The number of ether oxygens (including phenoxy) is 1. The van der Waals surface area contributed by atoms with Crippen LogP contribution in [0.4, 0.5) is 4.39 Å². The van der Waals surface area contributed by atoms with Gasteiger partial charge < -0.3 is 10.1 Å². The van der Waals surface area contributed by atoms with Gasteiger partial charge in [0.1, 0.15) is 5.82 Å². The van der Waals surface area contributed by atoms with E-state index in [9.17, 15) is 17.6 Å². The van der Waals surface area contributed by atoms with Crippen molar-refractivity contribution in [2.24, 2.45) is 11.8 Å². The van der Waals surface area contributed by atoms with Crippen molar-refractivity contribution in [1.29, 1.82) is 0 Å². The number of hydrogen-bond donors (Lipinski definition) is 1. The highest BCUT2D eigenvalue weighted by atomic mass is 32.2. The predicted octanol–water partition coefficient (Wildman–Crippen LogP) is 1.13. The minimum Gasteiger partial charge on any atom is -0.371 e. The van der Waals surface area contributed by atoms with Crippen molar-refractivity contribution in [3.63, 3.8) is 0 Å². The second-order valence-electron chi connectivity index (χ2n) is 7.10. The zero-order valence-electron chi connectivity index (χ0n) is 13.7. The Morgan fingerprint density at radius 2 is 1.96 bits per heavy atom. The first-order chi connectivity index (χ1) is 11.9. The number of fused-ring (bicyclic) bond motifs is 2. The molecule has 136 valence electrons. The lowest BCUT2D eigenvalue weighted by Gasteiger charge is -2.32. The highest BCUT2D eigenvalue weighted by Gasteiger charge is 2.47. The molecule has 1 aromatic carbocycles. The smallest absolute Gasteiger partial charge is 0.243 e. The Hall–Kier alpha value is -1.51. The minimum absolute atomic E-state index is 0.0413. The number of halogens is 1. The molecule has 4 rings (SSSR count). The topological polar surface area (TPSA) is 75.7 Å². The van der Waals surface area contributed by atoms with Gasteiger partial charge in [0, 0.05) is 19.6 Å². The van der Waals surface area contributed by atoms with Crippen LogP contribution in [0.15, 0.2) is 29.2 Å². The second kappa shape index (κ2) is 6.34. The molecule has 3 fully saturated rings. The van der Waals surface area contributed by atoms with Crippen molar-refractivity contribution < 1.29 is 22.3 Å². The van der Waals surface area contributed by atoms with Gasteiger partial charge in [-0.15, -0.1) is 0 Å². The van der Waals surface area contributed by atoms with Crippen LogP contribution in [0.3, 0.4) is 0 Å². The summed E-state index contributed by atoms with van der Waals surface area (Å²) >= 11 is 0. The second-order valence-corrected chi connectivity index (χ2v) is 9.04. The number of amides is 1. The zero-order chi connectivity index (χ0) is 17.6. The van der Waals surface area contributed by atoms with Gasteiger partial charge >= 0.3 is 0 Å². The number of hydrogen-bond acceptors (Lipinski definition) is 4. The standard InChI is InChI=1S/C17H21FN2O4S/c18-12-3-5-14(6-4-12)25(22,23)20-9-13-7-15(16(10-20)24-13)17(21)19-8-11-1-2-11/h3-6,11,13,15-16H,1-2,7-10H2,(H,19,21)/t13-,15+,16-/m0/s1. The maximum absolute atomic E-state index is 13.1. The molecule has 6 nitrogen and oxygen atoms in total. The number of benzene rings is 1. The van der Waals surface area contributed by atoms with Crippen LogP contribution in [0.25, 0.3) is 0 Å². The van der Waals surface area contributed by atoms with E-state index in [4.69, 9.17) is 4.74 Å². The minimum atomic E-state index is -3.71. The molecule has 2 saturated heterocycles. The van der Waals surface area contributed by atoms with Crippen molar-refractivity contribution in [2.45, 2.75) is 36.4 Å². The number of nitrogens with one attached hydrogen (secondary N) is 1. The fraction of sp³-hybridized carbons (Fsp3) is 0.588. The van der Waals surface area contributed by atoms with Crippen LogP contribution in [-0.2, 0) is 19.6 Å². The molecule has 25 heavy (non-hydrogen) atoms. The Balaban J connectivity index is 1.45. The van der Waals surface area contributed by atoms with Gasteiger partial charge in [0.2, 0.25) is 15.9 Å². The Morgan fingerprint density at radius 1 is 1.24 bits per heavy atom. The van der Waals surface area contributed by atoms with E-state index in [0.717, 1.165) is 25.0 Å². The van der Waals surface area contributed by atoms with Crippen LogP contribution >= 0.6 is 0 Å². The molecule has 0 aromatic heterocycles. The van der Waals surface area contributed by atoms with Gasteiger partial charge in [-0.3, -0.25) is 4.79 Å². The molecule has 3 aliphatic rings. The molecule has 1 aliphatic carbocycles. The predicted molar refractivity (Wildman–Crippen MR) is 87.7 cm³/mol. The fourth-order valence-corrected chi connectivity index (χ4v) is 5.03. The average Bonchev–Trinajstić information content (AvgIpc) is 3.37. The molecule has 1 aromatic rings. The summed E-state index contributed by atoms with van der Waals surface area (Å²) in [6, 6.07) is 4.80. The Bertz CT molecular complexity index is 763. The van der Waals surface area contributed by atoms with Gasteiger partial charge in [0.25, 0.3) is 0 Å². The van der Waals surface area contributed by atoms with Crippen LogP contribution in [0.5, 0.6) is 0 Å². The number of carbonyl (C=O) groups is 1. The summed E-state index contributed by atoms with van der Waals surface area (Å²) in [5, 5.41) is 2.96. The molecular weight excluding hydrogens is 347 g/mol. The molecule has 3 atom stereocenters. The quantitative estimate of drug-likeness (QED) is 0.845. The van der Waals surface area contributed by atoms with Gasteiger partial charge in [-0.1, -0.05) is 0 Å². The Morgan fingerprint density at radius 3 is 2.64 bits per heavy atom. The first-order valence-electron chi connectivity index (χ1n) is 8.62. The van der Waals surface area contributed by atoms with E-state index in [1.807, 2.05) is 0 Å². The van der Waals surface area contributed by atoms with Crippen LogP contribution < -0.4 is 5.32 Å². The molecule has 0 spiro atoms. The summed E-state index contributed by atoms with van der Waals surface area (Å²) in [6.45, 7) is 1.07. The molecule has 1 amide bonds. The number of morpholine rings is 1. The van der Waals surface area contributed by atoms with Crippen molar-refractivity contribution >= 4 is 15.9 Å². The van der Waals surface area contributed by atoms with E-state index in [1.54, 1.807) is 0 Å². The van der Waals surface area contributed by atoms with E-state index >= 15 is 0 Å². The summed E-state index contributed by atoms with van der Waals surface area (Å²) < 4.78 is 45.7. The van der Waals surface area contributed by atoms with Gasteiger partial charge in [-0.2, -0.15) is 4.31 Å². The SMILES string of the molecule is O=C(NCC1CC1)[C@@H]1C[C@H]2CN(S(=O)(=O)c3ccc(F)cc3)C[C@@H]1O2. The lowest BCUT2D eigenvalue weighted by atomic mass is 9.99. The van der Waals surface area contributed by atoms with Crippen molar-refractivity contribution in [3.8, 4) is 0 Å². The maximum Gasteiger partial charge on any atom is 0.243 e. The molecule has 2 heterocycles. The third-order valence-corrected chi connectivity index (χ3v) is 7.02. The van der Waals surface area contributed by atoms with E-state index in [1.165, 1.54) is 16.4 Å².